The van der Waals surface area contributed by atoms with E-state index in [0.717, 1.165) is 23.3 Å². The van der Waals surface area contributed by atoms with Crippen molar-refractivity contribution >= 4 is 27.3 Å². The number of hydrogen-bond acceptors (Lipinski definition) is 4. The number of aromatic nitrogens is 3. The number of halogens is 1. The standard InChI is InChI=1S/C15H21BrN4S/c1-3-8-17-13(14-15(16)18-19-20(14)2)12-9-10-6-4-5-7-11(10)21-12/h9,13,17H,3-8H2,1-2H3. The SMILES string of the molecule is CCCNC(c1cc2c(s1)CCCC2)c1c(Br)nnn1C. The first-order valence-corrected chi connectivity index (χ1v) is 9.21. The molecule has 1 aliphatic carbocycles. The third-order valence-corrected chi connectivity index (χ3v) is 5.87. The van der Waals surface area contributed by atoms with Crippen molar-refractivity contribution in [2.45, 2.75) is 45.1 Å². The van der Waals surface area contributed by atoms with Crippen molar-refractivity contribution in [3.05, 3.63) is 31.7 Å². The van der Waals surface area contributed by atoms with E-state index in [1.165, 1.54) is 30.6 Å². The van der Waals surface area contributed by atoms with Crippen molar-refractivity contribution in [3.63, 3.8) is 0 Å². The molecule has 0 saturated heterocycles. The molecular formula is C15H21BrN4S. The van der Waals surface area contributed by atoms with Gasteiger partial charge in [0.05, 0.1) is 11.7 Å². The normalized spacial score (nSPS) is 16.0. The Labute approximate surface area is 138 Å². The second-order valence-electron chi connectivity index (χ2n) is 5.58. The summed E-state index contributed by atoms with van der Waals surface area (Å²) in [6.07, 6.45) is 6.25. The molecule has 1 atom stereocenters. The van der Waals surface area contributed by atoms with Gasteiger partial charge in [0.2, 0.25) is 0 Å². The quantitative estimate of drug-likeness (QED) is 0.876. The second kappa shape index (κ2) is 6.58. The van der Waals surface area contributed by atoms with Gasteiger partial charge < -0.3 is 5.32 Å². The molecule has 21 heavy (non-hydrogen) atoms. The zero-order valence-electron chi connectivity index (χ0n) is 12.5. The zero-order valence-corrected chi connectivity index (χ0v) is 14.9. The van der Waals surface area contributed by atoms with Gasteiger partial charge in [-0.2, -0.15) is 0 Å². The van der Waals surface area contributed by atoms with Gasteiger partial charge in [0, 0.05) is 16.8 Å². The summed E-state index contributed by atoms with van der Waals surface area (Å²) in [5.74, 6) is 0. The summed E-state index contributed by atoms with van der Waals surface area (Å²) in [6.45, 7) is 3.19. The number of rotatable bonds is 5. The third-order valence-electron chi connectivity index (χ3n) is 4.00. The molecule has 0 aromatic carbocycles. The van der Waals surface area contributed by atoms with Crippen molar-refractivity contribution in [2.75, 3.05) is 6.54 Å². The van der Waals surface area contributed by atoms with Crippen LogP contribution in [-0.2, 0) is 19.9 Å². The van der Waals surface area contributed by atoms with Gasteiger partial charge in [0.15, 0.2) is 4.60 Å². The Morgan fingerprint density at radius 3 is 2.90 bits per heavy atom. The smallest absolute Gasteiger partial charge is 0.153 e. The van der Waals surface area contributed by atoms with Gasteiger partial charge in [0.25, 0.3) is 0 Å². The molecule has 1 unspecified atom stereocenters. The van der Waals surface area contributed by atoms with E-state index in [9.17, 15) is 0 Å². The highest BCUT2D eigenvalue weighted by atomic mass is 79.9. The monoisotopic (exact) mass is 368 g/mol. The average molecular weight is 369 g/mol. The molecule has 0 spiro atoms. The lowest BCUT2D eigenvalue weighted by Crippen LogP contribution is -2.25. The van der Waals surface area contributed by atoms with E-state index in [2.05, 4.69) is 44.5 Å². The fraction of sp³-hybridized carbons (Fsp3) is 0.600. The third kappa shape index (κ3) is 3.07. The summed E-state index contributed by atoms with van der Waals surface area (Å²) >= 11 is 5.51. The Morgan fingerprint density at radius 1 is 1.43 bits per heavy atom. The lowest BCUT2D eigenvalue weighted by Gasteiger charge is -2.17. The van der Waals surface area contributed by atoms with Crippen molar-refractivity contribution in [2.24, 2.45) is 7.05 Å². The minimum absolute atomic E-state index is 0.176. The van der Waals surface area contributed by atoms with E-state index < -0.39 is 0 Å². The molecule has 0 saturated carbocycles. The Balaban J connectivity index is 1.97. The summed E-state index contributed by atoms with van der Waals surface area (Å²) in [6, 6.07) is 2.57. The van der Waals surface area contributed by atoms with Gasteiger partial charge >= 0.3 is 0 Å². The van der Waals surface area contributed by atoms with Crippen LogP contribution in [0.1, 0.15) is 53.2 Å². The molecule has 114 valence electrons. The van der Waals surface area contributed by atoms with Crippen molar-refractivity contribution in [1.29, 1.82) is 0 Å². The van der Waals surface area contributed by atoms with Crippen LogP contribution in [0.3, 0.4) is 0 Å². The first-order chi connectivity index (χ1) is 10.2. The van der Waals surface area contributed by atoms with Crippen LogP contribution in [0.25, 0.3) is 0 Å². The minimum Gasteiger partial charge on any atom is -0.304 e. The van der Waals surface area contributed by atoms with Crippen molar-refractivity contribution in [3.8, 4) is 0 Å². The van der Waals surface area contributed by atoms with E-state index in [1.807, 2.05) is 23.1 Å². The zero-order chi connectivity index (χ0) is 14.8. The first-order valence-electron chi connectivity index (χ1n) is 7.60. The van der Waals surface area contributed by atoms with Crippen LogP contribution in [0.5, 0.6) is 0 Å². The summed E-state index contributed by atoms with van der Waals surface area (Å²) in [5.41, 5.74) is 2.66. The minimum atomic E-state index is 0.176. The topological polar surface area (TPSA) is 42.7 Å². The van der Waals surface area contributed by atoms with Crippen LogP contribution in [-0.4, -0.2) is 21.5 Å². The Hall–Kier alpha value is -0.720. The lowest BCUT2D eigenvalue weighted by molar-refractivity contribution is 0.555. The number of nitrogens with zero attached hydrogens (tertiary/aromatic N) is 3. The fourth-order valence-electron chi connectivity index (χ4n) is 2.92. The molecule has 3 rings (SSSR count). The van der Waals surface area contributed by atoms with E-state index in [0.29, 0.717) is 0 Å². The highest BCUT2D eigenvalue weighted by Gasteiger charge is 2.25. The Bertz CT molecular complexity index is 576. The van der Waals surface area contributed by atoms with Crippen LogP contribution < -0.4 is 5.32 Å². The van der Waals surface area contributed by atoms with Gasteiger partial charge in [-0.1, -0.05) is 12.1 Å². The molecule has 0 fully saturated rings. The van der Waals surface area contributed by atoms with Gasteiger partial charge in [0.1, 0.15) is 0 Å². The molecule has 0 aliphatic heterocycles. The van der Waals surface area contributed by atoms with Gasteiger partial charge in [-0.15, -0.1) is 16.4 Å². The molecule has 1 N–H and O–H groups in total. The highest BCUT2D eigenvalue weighted by Crippen LogP contribution is 2.36. The predicted molar refractivity (Wildman–Crippen MR) is 89.8 cm³/mol. The van der Waals surface area contributed by atoms with Crippen LogP contribution in [0.2, 0.25) is 0 Å². The highest BCUT2D eigenvalue weighted by molar-refractivity contribution is 9.10. The number of fused-ring (bicyclic) bond motifs is 1. The fourth-order valence-corrected chi connectivity index (χ4v) is 4.82. The van der Waals surface area contributed by atoms with E-state index in [4.69, 9.17) is 0 Å². The average Bonchev–Trinajstić information content (AvgIpc) is 3.05. The molecule has 0 amide bonds. The van der Waals surface area contributed by atoms with Gasteiger partial charge in [-0.05, 0) is 66.2 Å². The molecule has 4 nitrogen and oxygen atoms in total. The Kier molecular flexibility index (Phi) is 4.76. The van der Waals surface area contributed by atoms with Crippen LogP contribution in [0, 0.1) is 0 Å². The molecule has 1 aliphatic rings. The summed E-state index contributed by atoms with van der Waals surface area (Å²) < 4.78 is 2.71. The van der Waals surface area contributed by atoms with Crippen LogP contribution >= 0.6 is 27.3 Å². The van der Waals surface area contributed by atoms with Crippen LogP contribution in [0.4, 0.5) is 0 Å². The number of aryl methyl sites for hydroxylation is 3. The summed E-state index contributed by atoms with van der Waals surface area (Å²) in [5, 5.41) is 11.9. The Morgan fingerprint density at radius 2 is 2.24 bits per heavy atom. The first kappa shape index (κ1) is 15.2. The second-order valence-corrected chi connectivity index (χ2v) is 7.50. The number of hydrogen-bond donors (Lipinski definition) is 1. The van der Waals surface area contributed by atoms with Crippen molar-refractivity contribution < 1.29 is 0 Å². The maximum Gasteiger partial charge on any atom is 0.153 e. The van der Waals surface area contributed by atoms with Crippen LogP contribution in [0.15, 0.2) is 10.7 Å². The molecule has 0 bridgehead atoms. The number of nitrogens with one attached hydrogen (secondary N) is 1. The molecule has 0 radical (unpaired) electrons. The van der Waals surface area contributed by atoms with E-state index >= 15 is 0 Å². The number of thiophene rings is 1. The van der Waals surface area contributed by atoms with Gasteiger partial charge in [-0.3, -0.25) is 0 Å². The summed E-state index contributed by atoms with van der Waals surface area (Å²) in [4.78, 5) is 2.97. The van der Waals surface area contributed by atoms with Crippen molar-refractivity contribution in [1.82, 2.24) is 20.3 Å². The molecule has 2 aromatic heterocycles. The molecule has 2 aromatic rings. The maximum absolute atomic E-state index is 4.15. The summed E-state index contributed by atoms with van der Waals surface area (Å²) in [7, 11) is 1.96. The van der Waals surface area contributed by atoms with Gasteiger partial charge in [-0.25, -0.2) is 4.68 Å². The predicted octanol–water partition coefficient (Wildman–Crippen LogP) is 3.61. The lowest BCUT2D eigenvalue weighted by atomic mass is 9.98. The molecule has 2 heterocycles. The van der Waals surface area contributed by atoms with E-state index in [1.54, 1.807) is 10.4 Å². The largest absolute Gasteiger partial charge is 0.304 e. The van der Waals surface area contributed by atoms with E-state index in [-0.39, 0.29) is 6.04 Å². The molecule has 6 heteroatoms. The maximum atomic E-state index is 4.15. The molecular weight excluding hydrogens is 348 g/mol.